The number of amides is 1. The van der Waals surface area contributed by atoms with Crippen LogP contribution in [0.2, 0.25) is 0 Å². The Hall–Kier alpha value is -3.72. The van der Waals surface area contributed by atoms with E-state index < -0.39 is 23.9 Å². The molecule has 0 heterocycles. The number of carboxylic acids is 2. The number of carbonyl (C=O) groups is 3. The number of carbonyl (C=O) groups excluding carboxylic acids is 1. The van der Waals surface area contributed by atoms with E-state index in [1.165, 1.54) is 30.6 Å². The molecule has 0 aliphatic carbocycles. The predicted molar refractivity (Wildman–Crippen MR) is 97.9 cm³/mol. The zero-order chi connectivity index (χ0) is 19.8. The third-order valence-corrected chi connectivity index (χ3v) is 3.67. The van der Waals surface area contributed by atoms with Gasteiger partial charge < -0.3 is 21.0 Å². The van der Waals surface area contributed by atoms with Crippen molar-refractivity contribution in [3.63, 3.8) is 0 Å². The molecule has 0 spiro atoms. The van der Waals surface area contributed by atoms with Crippen molar-refractivity contribution in [2.45, 2.75) is 12.5 Å². The SMILES string of the molecule is NNC=Nc1cccc(C(=O)NC(Cc2ccccc2C(=O)O)C(=O)O)c1. The van der Waals surface area contributed by atoms with Crippen LogP contribution in [0.25, 0.3) is 0 Å². The molecule has 0 bridgehead atoms. The molecular formula is C18H18N4O5. The van der Waals surface area contributed by atoms with Crippen LogP contribution in [0.3, 0.4) is 0 Å². The summed E-state index contributed by atoms with van der Waals surface area (Å²) in [5.41, 5.74) is 3.19. The number of aliphatic carboxylic acids is 1. The maximum absolute atomic E-state index is 12.4. The van der Waals surface area contributed by atoms with Crippen LogP contribution in [-0.2, 0) is 11.2 Å². The maximum atomic E-state index is 12.4. The molecule has 2 aromatic carbocycles. The van der Waals surface area contributed by atoms with E-state index in [0.29, 0.717) is 11.3 Å². The summed E-state index contributed by atoms with van der Waals surface area (Å²) in [7, 11) is 0. The third kappa shape index (κ3) is 5.38. The maximum Gasteiger partial charge on any atom is 0.335 e. The highest BCUT2D eigenvalue weighted by Crippen LogP contribution is 2.15. The number of rotatable bonds is 8. The molecule has 0 saturated carbocycles. The van der Waals surface area contributed by atoms with Gasteiger partial charge in [0.15, 0.2) is 0 Å². The number of nitrogens with zero attached hydrogens (tertiary/aromatic N) is 1. The molecule has 9 nitrogen and oxygen atoms in total. The molecule has 9 heteroatoms. The average molecular weight is 370 g/mol. The molecule has 6 N–H and O–H groups in total. The molecule has 1 amide bonds. The number of nitrogens with two attached hydrogens (primary N) is 1. The first-order valence-corrected chi connectivity index (χ1v) is 7.86. The van der Waals surface area contributed by atoms with Crippen molar-refractivity contribution in [3.8, 4) is 0 Å². The van der Waals surface area contributed by atoms with Crippen molar-refractivity contribution in [1.82, 2.24) is 10.7 Å². The summed E-state index contributed by atoms with van der Waals surface area (Å²) in [6.45, 7) is 0. The Balaban J connectivity index is 2.19. The molecule has 1 unspecified atom stereocenters. The Bertz CT molecular complexity index is 882. The molecule has 2 aromatic rings. The Labute approximate surface area is 154 Å². The highest BCUT2D eigenvalue weighted by Gasteiger charge is 2.23. The molecule has 0 aliphatic rings. The normalized spacial score (nSPS) is 11.7. The number of aliphatic imine (C=N–C) groups is 1. The zero-order valence-corrected chi connectivity index (χ0v) is 14.1. The number of nitrogens with one attached hydrogen (secondary N) is 2. The minimum atomic E-state index is -1.30. The first-order valence-electron chi connectivity index (χ1n) is 7.86. The number of hydrogen-bond acceptors (Lipinski definition) is 5. The van der Waals surface area contributed by atoms with Gasteiger partial charge >= 0.3 is 11.9 Å². The van der Waals surface area contributed by atoms with Crippen LogP contribution < -0.4 is 16.6 Å². The van der Waals surface area contributed by atoms with Crippen molar-refractivity contribution in [2.75, 3.05) is 0 Å². The summed E-state index contributed by atoms with van der Waals surface area (Å²) < 4.78 is 0. The van der Waals surface area contributed by atoms with Crippen LogP contribution in [0, 0.1) is 0 Å². The summed E-state index contributed by atoms with van der Waals surface area (Å²) in [5, 5.41) is 21.0. The fraction of sp³-hybridized carbons (Fsp3) is 0.111. The van der Waals surface area contributed by atoms with Crippen LogP contribution in [0.5, 0.6) is 0 Å². The van der Waals surface area contributed by atoms with E-state index in [0.717, 1.165) is 0 Å². The molecule has 0 aromatic heterocycles. The first-order chi connectivity index (χ1) is 12.9. The van der Waals surface area contributed by atoms with E-state index in [4.69, 9.17) is 5.84 Å². The second-order valence-corrected chi connectivity index (χ2v) is 5.51. The Morgan fingerprint density at radius 1 is 1.11 bits per heavy atom. The number of carboxylic acid groups (broad SMARTS) is 2. The van der Waals surface area contributed by atoms with Crippen LogP contribution >= 0.6 is 0 Å². The van der Waals surface area contributed by atoms with Gasteiger partial charge in [0.1, 0.15) is 12.4 Å². The standard InChI is InChI=1S/C18H18N4O5/c19-21-10-20-13-6-3-5-12(8-13)16(23)22-15(18(26)27)9-11-4-1-2-7-14(11)17(24)25/h1-8,10,15H,9,19H2,(H,20,21)(H,22,23)(H,24,25)(H,26,27). The fourth-order valence-electron chi connectivity index (χ4n) is 2.41. The Kier molecular flexibility index (Phi) is 6.61. The number of benzene rings is 2. The van der Waals surface area contributed by atoms with Crippen LogP contribution in [0.15, 0.2) is 53.5 Å². The molecule has 0 fully saturated rings. The summed E-state index contributed by atoms with van der Waals surface area (Å²) in [4.78, 5) is 39.2. The van der Waals surface area contributed by atoms with E-state index >= 15 is 0 Å². The van der Waals surface area contributed by atoms with Gasteiger partial charge in [0, 0.05) is 12.0 Å². The van der Waals surface area contributed by atoms with Crippen molar-refractivity contribution in [2.24, 2.45) is 10.8 Å². The topological polar surface area (TPSA) is 154 Å². The predicted octanol–water partition coefficient (Wildman–Crippen LogP) is 0.934. The van der Waals surface area contributed by atoms with Crippen molar-refractivity contribution in [1.29, 1.82) is 0 Å². The molecule has 0 radical (unpaired) electrons. The van der Waals surface area contributed by atoms with Crippen LogP contribution in [0.1, 0.15) is 26.3 Å². The second-order valence-electron chi connectivity index (χ2n) is 5.51. The summed E-state index contributed by atoms with van der Waals surface area (Å²) in [6.07, 6.45) is 1.07. The van der Waals surface area contributed by atoms with Gasteiger partial charge in [0.25, 0.3) is 5.91 Å². The lowest BCUT2D eigenvalue weighted by molar-refractivity contribution is -0.139. The van der Waals surface area contributed by atoms with Crippen LogP contribution in [-0.4, -0.2) is 40.4 Å². The molecule has 0 aliphatic heterocycles. The van der Waals surface area contributed by atoms with Gasteiger partial charge in [-0.3, -0.25) is 4.79 Å². The lowest BCUT2D eigenvalue weighted by atomic mass is 10.00. The third-order valence-electron chi connectivity index (χ3n) is 3.67. The van der Waals surface area contributed by atoms with E-state index in [1.54, 1.807) is 24.3 Å². The first kappa shape index (κ1) is 19.6. The van der Waals surface area contributed by atoms with Crippen molar-refractivity contribution >= 4 is 29.9 Å². The highest BCUT2D eigenvalue weighted by molar-refractivity contribution is 5.97. The largest absolute Gasteiger partial charge is 0.480 e. The van der Waals surface area contributed by atoms with Gasteiger partial charge in [0.2, 0.25) is 0 Å². The molecule has 2 rings (SSSR count). The van der Waals surface area contributed by atoms with E-state index in [1.807, 2.05) is 0 Å². The average Bonchev–Trinajstić information content (AvgIpc) is 2.66. The van der Waals surface area contributed by atoms with E-state index in [2.05, 4.69) is 15.7 Å². The quantitative estimate of drug-likeness (QED) is 0.200. The Morgan fingerprint density at radius 2 is 1.85 bits per heavy atom. The summed E-state index contributed by atoms with van der Waals surface area (Å²) in [5.74, 6) is 2.04. The summed E-state index contributed by atoms with van der Waals surface area (Å²) >= 11 is 0. The zero-order valence-electron chi connectivity index (χ0n) is 14.1. The highest BCUT2D eigenvalue weighted by atomic mass is 16.4. The van der Waals surface area contributed by atoms with Gasteiger partial charge in [-0.15, -0.1) is 0 Å². The van der Waals surface area contributed by atoms with Gasteiger partial charge in [-0.2, -0.15) is 0 Å². The lowest BCUT2D eigenvalue weighted by Gasteiger charge is -2.16. The van der Waals surface area contributed by atoms with E-state index in [-0.39, 0.29) is 17.5 Å². The van der Waals surface area contributed by atoms with Gasteiger partial charge in [-0.1, -0.05) is 24.3 Å². The van der Waals surface area contributed by atoms with Crippen LogP contribution in [0.4, 0.5) is 5.69 Å². The smallest absolute Gasteiger partial charge is 0.335 e. The molecular weight excluding hydrogens is 352 g/mol. The fourth-order valence-corrected chi connectivity index (χ4v) is 2.41. The molecule has 140 valence electrons. The minimum absolute atomic E-state index is 0.0105. The number of aromatic carboxylic acids is 1. The number of hydrazine groups is 1. The lowest BCUT2D eigenvalue weighted by Crippen LogP contribution is -2.42. The molecule has 1 atom stereocenters. The van der Waals surface area contributed by atoms with Crippen molar-refractivity contribution in [3.05, 3.63) is 65.2 Å². The van der Waals surface area contributed by atoms with Gasteiger partial charge in [-0.05, 0) is 29.8 Å². The second kappa shape index (κ2) is 9.11. The van der Waals surface area contributed by atoms with Gasteiger partial charge in [0.05, 0.1) is 11.3 Å². The van der Waals surface area contributed by atoms with Crippen molar-refractivity contribution < 1.29 is 24.6 Å². The van der Waals surface area contributed by atoms with E-state index in [9.17, 15) is 24.6 Å². The number of hydrogen-bond donors (Lipinski definition) is 5. The van der Waals surface area contributed by atoms with Gasteiger partial charge in [-0.25, -0.2) is 20.4 Å². The Morgan fingerprint density at radius 3 is 2.52 bits per heavy atom. The molecule has 0 saturated heterocycles. The minimum Gasteiger partial charge on any atom is -0.480 e. The monoisotopic (exact) mass is 370 g/mol. The summed E-state index contributed by atoms with van der Waals surface area (Å²) in [6, 6.07) is 11.0. The molecule has 27 heavy (non-hydrogen) atoms.